The van der Waals surface area contributed by atoms with Crippen molar-refractivity contribution in [1.82, 2.24) is 15.6 Å². The molecule has 1 aromatic heterocycles. The van der Waals surface area contributed by atoms with E-state index in [2.05, 4.69) is 83.3 Å². The Bertz CT molecular complexity index is 1130. The van der Waals surface area contributed by atoms with Gasteiger partial charge in [-0.25, -0.2) is 4.79 Å². The van der Waals surface area contributed by atoms with Gasteiger partial charge in [0, 0.05) is 25.9 Å². The first kappa shape index (κ1) is 38.2. The molecule has 4 atom stereocenters. The van der Waals surface area contributed by atoms with E-state index < -0.39 is 35.9 Å². The Morgan fingerprint density at radius 2 is 1.50 bits per heavy atom. The Labute approximate surface area is 263 Å². The number of hydrogen-bond donors (Lipinski definition) is 3. The van der Waals surface area contributed by atoms with Crippen molar-refractivity contribution in [3.63, 3.8) is 0 Å². The first-order chi connectivity index (χ1) is 21.1. The van der Waals surface area contributed by atoms with E-state index in [4.69, 9.17) is 9.47 Å². The summed E-state index contributed by atoms with van der Waals surface area (Å²) in [6, 6.07) is 1.16. The fourth-order valence-electron chi connectivity index (χ4n) is 4.06. The molecule has 0 fully saturated rings. The first-order valence-electron chi connectivity index (χ1n) is 15.4. The van der Waals surface area contributed by atoms with E-state index in [1.807, 2.05) is 0 Å². The molecule has 0 spiro atoms. The first-order valence-corrected chi connectivity index (χ1v) is 15.4. The number of carbonyl (C=O) groups is 3. The summed E-state index contributed by atoms with van der Waals surface area (Å²) in [7, 11) is 1.42. The van der Waals surface area contributed by atoms with Crippen LogP contribution in [0.1, 0.15) is 89.4 Å². The molecule has 9 nitrogen and oxygen atoms in total. The van der Waals surface area contributed by atoms with Crippen molar-refractivity contribution in [3.8, 4) is 0 Å². The number of carbonyl (C=O) groups excluding carboxylic acids is 2. The summed E-state index contributed by atoms with van der Waals surface area (Å²) in [5, 5.41) is 15.1. The summed E-state index contributed by atoms with van der Waals surface area (Å²) in [5.41, 5.74) is 0.227. The van der Waals surface area contributed by atoms with Crippen LogP contribution < -0.4 is 10.6 Å². The molecule has 1 heterocycles. The number of amides is 2. The third kappa shape index (κ3) is 16.1. The molecule has 44 heavy (non-hydrogen) atoms. The molecule has 3 N–H and O–H groups in total. The van der Waals surface area contributed by atoms with Gasteiger partial charge >= 0.3 is 5.97 Å². The molecule has 1 unspecified atom stereocenters. The van der Waals surface area contributed by atoms with Crippen molar-refractivity contribution in [1.29, 1.82) is 0 Å². The number of methoxy groups -OCH3 is 1. The summed E-state index contributed by atoms with van der Waals surface area (Å²) < 4.78 is 11.5. The lowest BCUT2D eigenvalue weighted by Gasteiger charge is -2.38. The number of carboxylic acids is 1. The molecule has 2 amide bonds. The van der Waals surface area contributed by atoms with Gasteiger partial charge in [-0.1, -0.05) is 67.7 Å². The van der Waals surface area contributed by atoms with E-state index in [0.717, 1.165) is 38.5 Å². The van der Waals surface area contributed by atoms with Crippen molar-refractivity contribution in [3.05, 3.63) is 90.9 Å². The van der Waals surface area contributed by atoms with Crippen molar-refractivity contribution in [2.45, 2.75) is 103 Å². The molecule has 1 aromatic rings. The summed E-state index contributed by atoms with van der Waals surface area (Å²) in [6.07, 6.45) is 30.0. The number of aromatic nitrogens is 1. The van der Waals surface area contributed by atoms with Gasteiger partial charge in [0.05, 0.1) is 17.7 Å². The summed E-state index contributed by atoms with van der Waals surface area (Å²) in [5.74, 6) is -3.36. The normalized spacial score (nSPS) is 15.7. The molecule has 0 aromatic carbocycles. The Balaban J connectivity index is 2.40. The third-order valence-corrected chi connectivity index (χ3v) is 6.87. The molecule has 1 rings (SSSR count). The van der Waals surface area contributed by atoms with E-state index in [0.29, 0.717) is 12.8 Å². The highest BCUT2D eigenvalue weighted by Gasteiger charge is 2.39. The maximum Gasteiger partial charge on any atom is 0.328 e. The van der Waals surface area contributed by atoms with Crippen molar-refractivity contribution >= 4 is 17.8 Å². The van der Waals surface area contributed by atoms with Gasteiger partial charge in [0.15, 0.2) is 11.8 Å². The average Bonchev–Trinajstić information content (AvgIpc) is 3.01. The number of rotatable bonds is 22. The monoisotopic (exact) mass is 609 g/mol. The van der Waals surface area contributed by atoms with E-state index in [1.54, 1.807) is 19.9 Å². The Morgan fingerprint density at radius 1 is 0.932 bits per heavy atom. The smallest absolute Gasteiger partial charge is 0.328 e. The fourth-order valence-corrected chi connectivity index (χ4v) is 4.06. The number of unbranched alkanes of at least 4 members (excludes halogenated alkanes) is 1. The number of nitrogens with zero attached hydrogens (tertiary/aromatic N) is 1. The van der Waals surface area contributed by atoms with Gasteiger partial charge in [0.25, 0.3) is 5.91 Å². The van der Waals surface area contributed by atoms with Crippen molar-refractivity contribution in [2.75, 3.05) is 7.11 Å². The SMILES string of the molecule is CC/C=C\C/C=C\C/C=C\C/C=C\C/C=C\CCCC(=O)N[C@@H](C)C(C)(OC)O[C@H](C)[C@H](NC(=O)c1cccnc1)C(=O)O. The minimum absolute atomic E-state index is 0.163. The van der Waals surface area contributed by atoms with E-state index in [9.17, 15) is 19.5 Å². The molecular weight excluding hydrogens is 558 g/mol. The minimum Gasteiger partial charge on any atom is -0.480 e. The molecule has 242 valence electrons. The zero-order valence-electron chi connectivity index (χ0n) is 26.9. The molecule has 0 saturated carbocycles. The molecule has 0 radical (unpaired) electrons. The van der Waals surface area contributed by atoms with Gasteiger partial charge in [0.2, 0.25) is 5.91 Å². The van der Waals surface area contributed by atoms with Crippen LogP contribution in [-0.4, -0.2) is 59.0 Å². The van der Waals surface area contributed by atoms with Crippen LogP contribution in [0.2, 0.25) is 0 Å². The average molecular weight is 610 g/mol. The summed E-state index contributed by atoms with van der Waals surface area (Å²) in [4.78, 5) is 40.9. The van der Waals surface area contributed by atoms with Crippen molar-refractivity contribution < 1.29 is 29.0 Å². The highest BCUT2D eigenvalue weighted by Crippen LogP contribution is 2.21. The molecule has 0 aliphatic carbocycles. The van der Waals surface area contributed by atoms with Gasteiger partial charge in [-0.3, -0.25) is 14.6 Å². The van der Waals surface area contributed by atoms with E-state index in [-0.39, 0.29) is 11.5 Å². The number of carboxylic acid groups (broad SMARTS) is 1. The third-order valence-electron chi connectivity index (χ3n) is 6.87. The van der Waals surface area contributed by atoms with Gasteiger partial charge in [-0.15, -0.1) is 0 Å². The maximum absolute atomic E-state index is 12.6. The lowest BCUT2D eigenvalue weighted by atomic mass is 10.1. The summed E-state index contributed by atoms with van der Waals surface area (Å²) >= 11 is 0. The number of pyridine rings is 1. The van der Waals surface area contributed by atoms with Gasteiger partial charge < -0.3 is 25.2 Å². The summed E-state index contributed by atoms with van der Waals surface area (Å²) in [6.45, 7) is 7.00. The highest BCUT2D eigenvalue weighted by atomic mass is 16.7. The topological polar surface area (TPSA) is 127 Å². The van der Waals surface area contributed by atoms with E-state index in [1.165, 1.54) is 32.5 Å². The van der Waals surface area contributed by atoms with Gasteiger partial charge in [0.1, 0.15) is 0 Å². The second-order valence-electron chi connectivity index (χ2n) is 10.5. The van der Waals surface area contributed by atoms with Crippen LogP contribution in [0, 0.1) is 0 Å². The fraction of sp³-hybridized carbons (Fsp3) is 0.486. The number of aliphatic carboxylic acids is 1. The quantitative estimate of drug-likeness (QED) is 0.0782. The zero-order chi connectivity index (χ0) is 32.6. The number of ether oxygens (including phenoxy) is 2. The van der Waals surface area contributed by atoms with Crippen LogP contribution >= 0.6 is 0 Å². The number of allylic oxidation sites excluding steroid dienone is 10. The van der Waals surface area contributed by atoms with Crippen LogP contribution in [0.4, 0.5) is 0 Å². The molecule has 0 aliphatic heterocycles. The van der Waals surface area contributed by atoms with Crippen LogP contribution in [0.15, 0.2) is 85.3 Å². The molecule has 9 heteroatoms. The zero-order valence-corrected chi connectivity index (χ0v) is 26.9. The predicted octanol–water partition coefficient (Wildman–Crippen LogP) is 6.46. The lowest BCUT2D eigenvalue weighted by molar-refractivity contribution is -0.249. The Morgan fingerprint density at radius 3 is 2.00 bits per heavy atom. The van der Waals surface area contributed by atoms with Crippen LogP contribution in [0.3, 0.4) is 0 Å². The Hall–Kier alpha value is -3.82. The van der Waals surface area contributed by atoms with Crippen molar-refractivity contribution in [2.24, 2.45) is 0 Å². The minimum atomic E-state index is -1.36. The number of hydrogen-bond acceptors (Lipinski definition) is 6. The molecule has 0 saturated heterocycles. The molecule has 0 bridgehead atoms. The molecule has 0 aliphatic rings. The Kier molecular flexibility index (Phi) is 19.7. The largest absolute Gasteiger partial charge is 0.480 e. The van der Waals surface area contributed by atoms with Gasteiger partial charge in [-0.2, -0.15) is 0 Å². The predicted molar refractivity (Wildman–Crippen MR) is 175 cm³/mol. The van der Waals surface area contributed by atoms with Crippen LogP contribution in [-0.2, 0) is 19.1 Å². The lowest BCUT2D eigenvalue weighted by Crippen LogP contribution is -2.57. The number of nitrogens with one attached hydrogen (secondary N) is 2. The highest BCUT2D eigenvalue weighted by molar-refractivity contribution is 5.96. The van der Waals surface area contributed by atoms with Crippen LogP contribution in [0.25, 0.3) is 0 Å². The van der Waals surface area contributed by atoms with E-state index >= 15 is 0 Å². The maximum atomic E-state index is 12.6. The van der Waals surface area contributed by atoms with Crippen LogP contribution in [0.5, 0.6) is 0 Å². The second-order valence-corrected chi connectivity index (χ2v) is 10.5. The molecular formula is C35H51N3O6. The second kappa shape index (κ2) is 22.7. The van der Waals surface area contributed by atoms with Gasteiger partial charge in [-0.05, 0) is 77.8 Å². The standard InChI is InChI=1S/C35H51N3O6/c1-6-7-8-9-10-11-12-13-14-15-16-17-18-19-20-21-22-25-31(39)37-29(3)35(4,43-5)44-28(2)32(34(41)42)38-33(40)30-24-23-26-36-27-30/h7-8,10-11,13-14,16-17,19-20,23-24,26-29,32H,6,9,12,15,18,21-22,25H2,1-5H3,(H,37,39)(H,38,40)(H,41,42)/b8-7-,11-10-,14-13-,17-16-,20-19-/t28-,29+,32+,35?/m1/s1.